The second-order valence-electron chi connectivity index (χ2n) is 6.13. The fourth-order valence-electron chi connectivity index (χ4n) is 3.06. The molecule has 24 heavy (non-hydrogen) atoms. The maximum Gasteiger partial charge on any atom is 0.338 e. The normalized spacial score (nSPS) is 15.9. The molecule has 1 aliphatic carbocycles. The summed E-state index contributed by atoms with van der Waals surface area (Å²) in [6, 6.07) is 7.48. The van der Waals surface area contributed by atoms with Gasteiger partial charge < -0.3 is 15.4 Å². The summed E-state index contributed by atoms with van der Waals surface area (Å²) < 4.78 is 4.74. The van der Waals surface area contributed by atoms with Gasteiger partial charge in [-0.15, -0.1) is 0 Å². The Balaban J connectivity index is 1.99. The molecule has 6 heteroatoms. The van der Waals surface area contributed by atoms with Crippen molar-refractivity contribution in [3.05, 3.63) is 29.3 Å². The molecule has 6 nitrogen and oxygen atoms in total. The van der Waals surface area contributed by atoms with E-state index >= 15 is 0 Å². The average molecular weight is 329 g/mol. The molecule has 0 saturated heterocycles. The van der Waals surface area contributed by atoms with Gasteiger partial charge in [-0.3, -0.25) is 4.79 Å². The van der Waals surface area contributed by atoms with E-state index in [2.05, 4.69) is 16.7 Å². The fraction of sp³-hybridized carbons (Fsp3) is 0.500. The molecule has 2 N–H and O–H groups in total. The Labute approximate surface area is 142 Å². The summed E-state index contributed by atoms with van der Waals surface area (Å²) in [5, 5.41) is 15.3. The van der Waals surface area contributed by atoms with E-state index < -0.39 is 11.5 Å². The van der Waals surface area contributed by atoms with Gasteiger partial charge in [0.05, 0.1) is 25.3 Å². The number of rotatable bonds is 5. The van der Waals surface area contributed by atoms with E-state index in [9.17, 15) is 14.9 Å². The number of hydrogen-bond acceptors (Lipinski definition) is 5. The van der Waals surface area contributed by atoms with Crippen LogP contribution in [0.25, 0.3) is 0 Å². The Morgan fingerprint density at radius 3 is 2.62 bits per heavy atom. The van der Waals surface area contributed by atoms with Gasteiger partial charge >= 0.3 is 5.97 Å². The number of benzene rings is 1. The number of anilines is 1. The molecule has 0 spiro atoms. The van der Waals surface area contributed by atoms with Crippen molar-refractivity contribution < 1.29 is 14.3 Å². The van der Waals surface area contributed by atoms with Crippen molar-refractivity contribution >= 4 is 17.6 Å². The standard InChI is InChI=1S/C18H23N3O3/c1-13-14(17(23)24-2)7-6-8-15(13)20-11-16(22)21-18(12-19)9-4-3-5-10-18/h6-8,20H,3-5,9-11H2,1-2H3,(H,21,22). The smallest absolute Gasteiger partial charge is 0.338 e. The van der Waals surface area contributed by atoms with Crippen molar-refractivity contribution in [3.63, 3.8) is 0 Å². The monoisotopic (exact) mass is 329 g/mol. The molecule has 1 aromatic carbocycles. The number of esters is 1. The van der Waals surface area contributed by atoms with Crippen molar-refractivity contribution in [2.75, 3.05) is 19.0 Å². The molecule has 0 aliphatic heterocycles. The maximum atomic E-state index is 12.2. The third-order valence-corrected chi connectivity index (χ3v) is 4.48. The summed E-state index contributed by atoms with van der Waals surface area (Å²) in [7, 11) is 1.33. The summed E-state index contributed by atoms with van der Waals surface area (Å²) >= 11 is 0. The quantitative estimate of drug-likeness (QED) is 0.810. The molecular formula is C18H23N3O3. The van der Waals surface area contributed by atoms with Crippen LogP contribution in [0.2, 0.25) is 0 Å². The minimum Gasteiger partial charge on any atom is -0.465 e. The number of nitriles is 1. The summed E-state index contributed by atoms with van der Waals surface area (Å²) in [5.41, 5.74) is 1.15. The highest BCUT2D eigenvalue weighted by Gasteiger charge is 2.33. The second kappa shape index (κ2) is 7.82. The van der Waals surface area contributed by atoms with Crippen LogP contribution in [0, 0.1) is 18.3 Å². The van der Waals surface area contributed by atoms with E-state index in [1.54, 1.807) is 25.1 Å². The van der Waals surface area contributed by atoms with Crippen molar-refractivity contribution in [1.29, 1.82) is 5.26 Å². The third-order valence-electron chi connectivity index (χ3n) is 4.48. The van der Waals surface area contributed by atoms with Crippen molar-refractivity contribution in [1.82, 2.24) is 5.32 Å². The number of amides is 1. The predicted octanol–water partition coefficient (Wildman–Crippen LogP) is 2.54. The van der Waals surface area contributed by atoms with Crippen molar-refractivity contribution in [2.45, 2.75) is 44.6 Å². The molecule has 0 radical (unpaired) electrons. The highest BCUT2D eigenvalue weighted by molar-refractivity contribution is 5.93. The summed E-state index contributed by atoms with van der Waals surface area (Å²) in [4.78, 5) is 23.9. The van der Waals surface area contributed by atoms with Crippen LogP contribution in [0.4, 0.5) is 5.69 Å². The van der Waals surface area contributed by atoms with Gasteiger partial charge in [0.2, 0.25) is 5.91 Å². The zero-order valence-electron chi connectivity index (χ0n) is 14.1. The lowest BCUT2D eigenvalue weighted by Gasteiger charge is -2.31. The van der Waals surface area contributed by atoms with Crippen LogP contribution in [0.3, 0.4) is 0 Å². The Morgan fingerprint density at radius 1 is 1.29 bits per heavy atom. The van der Waals surface area contributed by atoms with Gasteiger partial charge in [0.25, 0.3) is 0 Å². The zero-order valence-corrected chi connectivity index (χ0v) is 14.1. The highest BCUT2D eigenvalue weighted by atomic mass is 16.5. The van der Waals surface area contributed by atoms with Crippen LogP contribution in [-0.2, 0) is 9.53 Å². The van der Waals surface area contributed by atoms with Crippen LogP contribution in [0.15, 0.2) is 18.2 Å². The van der Waals surface area contributed by atoms with E-state index in [1.807, 2.05) is 0 Å². The second-order valence-corrected chi connectivity index (χ2v) is 6.13. The molecule has 2 rings (SSSR count). The van der Waals surface area contributed by atoms with Crippen LogP contribution in [0.1, 0.15) is 48.0 Å². The molecule has 1 aliphatic rings. The van der Waals surface area contributed by atoms with Crippen molar-refractivity contribution in [3.8, 4) is 6.07 Å². The Bertz CT molecular complexity index is 658. The van der Waals surface area contributed by atoms with E-state index in [0.717, 1.165) is 24.8 Å². The number of hydrogen-bond donors (Lipinski definition) is 2. The minimum atomic E-state index is -0.736. The molecule has 0 heterocycles. The number of nitrogens with zero attached hydrogens (tertiary/aromatic N) is 1. The highest BCUT2D eigenvalue weighted by Crippen LogP contribution is 2.27. The largest absolute Gasteiger partial charge is 0.465 e. The molecule has 0 atom stereocenters. The van der Waals surface area contributed by atoms with Gasteiger partial charge in [-0.05, 0) is 37.5 Å². The van der Waals surface area contributed by atoms with E-state index in [4.69, 9.17) is 4.74 Å². The SMILES string of the molecule is COC(=O)c1cccc(NCC(=O)NC2(C#N)CCCCC2)c1C. The molecule has 128 valence electrons. The molecule has 1 fully saturated rings. The number of carbonyl (C=O) groups is 2. The van der Waals surface area contributed by atoms with E-state index in [-0.39, 0.29) is 12.5 Å². The Hall–Kier alpha value is -2.55. The van der Waals surface area contributed by atoms with Gasteiger partial charge in [-0.25, -0.2) is 4.79 Å². The Kier molecular flexibility index (Phi) is 5.80. The average Bonchev–Trinajstić information content (AvgIpc) is 2.61. The maximum absolute atomic E-state index is 12.2. The first kappa shape index (κ1) is 17.8. The molecule has 0 aromatic heterocycles. The number of ether oxygens (including phenoxy) is 1. The molecule has 1 aromatic rings. The van der Waals surface area contributed by atoms with Gasteiger partial charge in [0.15, 0.2) is 0 Å². The molecule has 0 unspecified atom stereocenters. The first-order chi connectivity index (χ1) is 11.5. The summed E-state index contributed by atoms with van der Waals surface area (Å²) in [5.74, 6) is -0.632. The van der Waals surface area contributed by atoms with Crippen LogP contribution >= 0.6 is 0 Å². The minimum absolute atomic E-state index is 0.0505. The van der Waals surface area contributed by atoms with Gasteiger partial charge in [0.1, 0.15) is 5.54 Å². The molecule has 1 saturated carbocycles. The number of carbonyl (C=O) groups excluding carboxylic acids is 2. The molecule has 1 amide bonds. The molecular weight excluding hydrogens is 306 g/mol. The van der Waals surface area contributed by atoms with Crippen LogP contribution < -0.4 is 10.6 Å². The van der Waals surface area contributed by atoms with E-state index in [0.29, 0.717) is 24.1 Å². The lowest BCUT2D eigenvalue weighted by Crippen LogP contribution is -2.50. The first-order valence-electron chi connectivity index (χ1n) is 8.15. The molecule has 0 bridgehead atoms. The van der Waals surface area contributed by atoms with E-state index in [1.165, 1.54) is 7.11 Å². The Morgan fingerprint density at radius 2 is 2.00 bits per heavy atom. The van der Waals surface area contributed by atoms with Gasteiger partial charge in [-0.2, -0.15) is 5.26 Å². The predicted molar refractivity (Wildman–Crippen MR) is 90.6 cm³/mol. The summed E-state index contributed by atoms with van der Waals surface area (Å²) in [6.07, 6.45) is 4.43. The lowest BCUT2D eigenvalue weighted by atomic mass is 9.83. The third kappa shape index (κ3) is 4.05. The van der Waals surface area contributed by atoms with Gasteiger partial charge in [-0.1, -0.05) is 25.3 Å². The zero-order chi connectivity index (χ0) is 17.6. The number of methoxy groups -OCH3 is 1. The van der Waals surface area contributed by atoms with Crippen molar-refractivity contribution in [2.24, 2.45) is 0 Å². The first-order valence-corrected chi connectivity index (χ1v) is 8.15. The number of nitrogens with one attached hydrogen (secondary N) is 2. The summed E-state index contributed by atoms with van der Waals surface area (Å²) in [6.45, 7) is 1.85. The topological polar surface area (TPSA) is 91.2 Å². The van der Waals surface area contributed by atoms with Crippen LogP contribution in [-0.4, -0.2) is 31.1 Å². The lowest BCUT2D eigenvalue weighted by molar-refractivity contribution is -0.121. The fourth-order valence-corrected chi connectivity index (χ4v) is 3.06. The van der Waals surface area contributed by atoms with Crippen LogP contribution in [0.5, 0.6) is 0 Å². The van der Waals surface area contributed by atoms with Gasteiger partial charge in [0, 0.05) is 5.69 Å².